The molecule has 1 heterocycles. The third-order valence-corrected chi connectivity index (χ3v) is 2.05. The average Bonchev–Trinajstić information content (AvgIpc) is 2.20. The smallest absolute Gasteiger partial charge is 0.192 e. The fraction of sp³-hybridized carbons (Fsp3) is 0.700. The van der Waals surface area contributed by atoms with Crippen molar-refractivity contribution in [2.75, 3.05) is 13.1 Å². The highest BCUT2D eigenvalue weighted by molar-refractivity contribution is 5.81. The Bertz CT molecular complexity index is 244. The van der Waals surface area contributed by atoms with Crippen molar-refractivity contribution < 1.29 is 5.11 Å². The minimum Gasteiger partial charge on any atom is -0.389 e. The molecule has 0 bridgehead atoms. The number of guanidine groups is 1. The molecule has 1 aliphatic heterocycles. The number of nitrogens with zero attached hydrogens (tertiary/aromatic N) is 1. The van der Waals surface area contributed by atoms with Crippen molar-refractivity contribution in [3.63, 3.8) is 0 Å². The van der Waals surface area contributed by atoms with Crippen molar-refractivity contribution in [3.05, 3.63) is 0 Å². The maximum absolute atomic E-state index is 9.18. The lowest BCUT2D eigenvalue weighted by Gasteiger charge is -2.22. The molecular formula is C10H17N3O. The van der Waals surface area contributed by atoms with Crippen LogP contribution in [-0.4, -0.2) is 36.3 Å². The first-order valence-electron chi connectivity index (χ1n) is 4.95. The number of nitrogens with one attached hydrogen (secondary N) is 2. The standard InChI is InChI=1S/C10H17N3O/c1-3-5-8(4-2)13-10-11-6-9(14)7-12-10/h2,8-9,14H,3,5-7H2,1H3,(H2,11,12,13). The van der Waals surface area contributed by atoms with E-state index < -0.39 is 0 Å². The lowest BCUT2D eigenvalue weighted by Crippen LogP contribution is -2.49. The zero-order valence-corrected chi connectivity index (χ0v) is 8.45. The monoisotopic (exact) mass is 195 g/mol. The van der Waals surface area contributed by atoms with Gasteiger partial charge in [0.25, 0.3) is 0 Å². The third-order valence-electron chi connectivity index (χ3n) is 2.05. The fourth-order valence-corrected chi connectivity index (χ4v) is 1.28. The van der Waals surface area contributed by atoms with Crippen molar-refractivity contribution >= 4 is 5.96 Å². The Morgan fingerprint density at radius 2 is 2.64 bits per heavy atom. The second-order valence-corrected chi connectivity index (χ2v) is 3.38. The van der Waals surface area contributed by atoms with Gasteiger partial charge in [-0.05, 0) is 6.42 Å². The normalized spacial score (nSPS) is 22.9. The van der Waals surface area contributed by atoms with Gasteiger partial charge in [-0.3, -0.25) is 4.99 Å². The van der Waals surface area contributed by atoms with Gasteiger partial charge in [-0.2, -0.15) is 0 Å². The highest BCUT2D eigenvalue weighted by atomic mass is 16.3. The largest absolute Gasteiger partial charge is 0.389 e. The summed E-state index contributed by atoms with van der Waals surface area (Å²) < 4.78 is 0. The number of aliphatic hydroxyl groups excluding tert-OH is 1. The summed E-state index contributed by atoms with van der Waals surface area (Å²) in [7, 11) is 0. The Labute approximate surface area is 84.8 Å². The molecule has 4 nitrogen and oxygen atoms in total. The van der Waals surface area contributed by atoms with Crippen LogP contribution in [-0.2, 0) is 0 Å². The van der Waals surface area contributed by atoms with Crippen LogP contribution >= 0.6 is 0 Å². The topological polar surface area (TPSA) is 56.7 Å². The summed E-state index contributed by atoms with van der Waals surface area (Å²) in [4.78, 5) is 4.13. The second kappa shape index (κ2) is 5.51. The molecule has 3 N–H and O–H groups in total. The minimum atomic E-state index is -0.379. The number of aliphatic imine (C=N–C) groups is 1. The van der Waals surface area contributed by atoms with Crippen LogP contribution in [0.15, 0.2) is 4.99 Å². The summed E-state index contributed by atoms with van der Waals surface area (Å²) in [5.74, 6) is 3.37. The maximum Gasteiger partial charge on any atom is 0.192 e. The van der Waals surface area contributed by atoms with E-state index in [9.17, 15) is 5.11 Å². The quantitative estimate of drug-likeness (QED) is 0.542. The Hall–Kier alpha value is -1.21. The van der Waals surface area contributed by atoms with E-state index in [4.69, 9.17) is 6.42 Å². The van der Waals surface area contributed by atoms with Crippen LogP contribution in [0.1, 0.15) is 19.8 Å². The number of terminal acetylenes is 1. The van der Waals surface area contributed by atoms with Crippen LogP contribution < -0.4 is 10.6 Å². The van der Waals surface area contributed by atoms with Gasteiger partial charge in [0.05, 0.1) is 18.7 Å². The lowest BCUT2D eigenvalue weighted by atomic mass is 10.2. The highest BCUT2D eigenvalue weighted by Gasteiger charge is 2.13. The van der Waals surface area contributed by atoms with Crippen LogP contribution in [0, 0.1) is 12.3 Å². The van der Waals surface area contributed by atoms with Crippen molar-refractivity contribution in [2.24, 2.45) is 4.99 Å². The molecule has 4 heteroatoms. The van der Waals surface area contributed by atoms with Gasteiger partial charge < -0.3 is 15.7 Å². The van der Waals surface area contributed by atoms with Crippen LogP contribution in [0.4, 0.5) is 0 Å². The van der Waals surface area contributed by atoms with Crippen molar-refractivity contribution in [1.29, 1.82) is 0 Å². The number of rotatable bonds is 3. The molecule has 0 amide bonds. The van der Waals surface area contributed by atoms with E-state index in [1.54, 1.807) is 0 Å². The zero-order valence-electron chi connectivity index (χ0n) is 8.45. The molecule has 2 atom stereocenters. The van der Waals surface area contributed by atoms with E-state index in [2.05, 4.69) is 28.5 Å². The Balaban J connectivity index is 2.39. The van der Waals surface area contributed by atoms with E-state index in [0.29, 0.717) is 19.0 Å². The Morgan fingerprint density at radius 1 is 1.86 bits per heavy atom. The van der Waals surface area contributed by atoms with Crippen LogP contribution in [0.3, 0.4) is 0 Å². The molecule has 0 aromatic carbocycles. The van der Waals surface area contributed by atoms with Gasteiger partial charge in [-0.1, -0.05) is 19.3 Å². The van der Waals surface area contributed by atoms with Crippen LogP contribution in [0.25, 0.3) is 0 Å². The molecule has 2 unspecified atom stereocenters. The van der Waals surface area contributed by atoms with E-state index in [-0.39, 0.29) is 12.1 Å². The summed E-state index contributed by atoms with van der Waals surface area (Å²) in [6.07, 6.45) is 6.95. The zero-order chi connectivity index (χ0) is 10.4. The van der Waals surface area contributed by atoms with E-state index >= 15 is 0 Å². The predicted molar refractivity (Wildman–Crippen MR) is 57.0 cm³/mol. The van der Waals surface area contributed by atoms with Crippen molar-refractivity contribution in [1.82, 2.24) is 10.6 Å². The number of aliphatic hydroxyl groups is 1. The minimum absolute atomic E-state index is 0.0292. The SMILES string of the molecule is C#CC(CCC)NC1=NCC(O)CN1. The fourth-order valence-electron chi connectivity index (χ4n) is 1.28. The first-order valence-corrected chi connectivity index (χ1v) is 4.95. The molecule has 0 radical (unpaired) electrons. The summed E-state index contributed by atoms with van der Waals surface area (Å²) in [6, 6.07) is 0.0292. The molecule has 0 saturated heterocycles. The van der Waals surface area contributed by atoms with Gasteiger partial charge in [0.1, 0.15) is 0 Å². The summed E-state index contributed by atoms with van der Waals surface area (Å²) in [5, 5.41) is 15.3. The molecule has 0 spiro atoms. The number of hydrogen-bond donors (Lipinski definition) is 3. The average molecular weight is 195 g/mol. The van der Waals surface area contributed by atoms with Crippen LogP contribution in [0.2, 0.25) is 0 Å². The molecule has 78 valence electrons. The molecule has 1 rings (SSSR count). The summed E-state index contributed by atoms with van der Waals surface area (Å²) >= 11 is 0. The molecule has 0 aromatic heterocycles. The molecule has 14 heavy (non-hydrogen) atoms. The number of β-amino-alcohol motifs (C(OH)–C–C–N with tert-alkyl or cyclic N) is 1. The number of hydrogen-bond acceptors (Lipinski definition) is 4. The highest BCUT2D eigenvalue weighted by Crippen LogP contribution is 1.96. The third kappa shape index (κ3) is 3.27. The second-order valence-electron chi connectivity index (χ2n) is 3.38. The summed E-state index contributed by atoms with van der Waals surface area (Å²) in [5.41, 5.74) is 0. The van der Waals surface area contributed by atoms with E-state index in [0.717, 1.165) is 12.8 Å². The van der Waals surface area contributed by atoms with Gasteiger partial charge in [0, 0.05) is 6.54 Å². The van der Waals surface area contributed by atoms with E-state index in [1.165, 1.54) is 0 Å². The predicted octanol–water partition coefficient (Wildman–Crippen LogP) is -0.302. The van der Waals surface area contributed by atoms with Gasteiger partial charge in [0.15, 0.2) is 5.96 Å². The Morgan fingerprint density at radius 3 is 3.14 bits per heavy atom. The first-order chi connectivity index (χ1) is 6.76. The van der Waals surface area contributed by atoms with Gasteiger partial charge in [-0.15, -0.1) is 6.42 Å². The van der Waals surface area contributed by atoms with Crippen molar-refractivity contribution in [3.8, 4) is 12.3 Å². The Kier molecular flexibility index (Phi) is 4.27. The van der Waals surface area contributed by atoms with Gasteiger partial charge in [-0.25, -0.2) is 0 Å². The lowest BCUT2D eigenvalue weighted by molar-refractivity contribution is 0.180. The van der Waals surface area contributed by atoms with Crippen molar-refractivity contribution in [2.45, 2.75) is 31.9 Å². The molecular weight excluding hydrogens is 178 g/mol. The molecule has 0 saturated carbocycles. The van der Waals surface area contributed by atoms with Gasteiger partial charge >= 0.3 is 0 Å². The molecule has 0 aromatic rings. The molecule has 1 aliphatic rings. The molecule has 0 fully saturated rings. The summed E-state index contributed by atoms with van der Waals surface area (Å²) in [6.45, 7) is 3.07. The van der Waals surface area contributed by atoms with Crippen LogP contribution in [0.5, 0.6) is 0 Å². The van der Waals surface area contributed by atoms with E-state index in [1.807, 2.05) is 0 Å². The maximum atomic E-state index is 9.18. The molecule has 0 aliphatic carbocycles. The first kappa shape index (κ1) is 10.9. The van der Waals surface area contributed by atoms with Gasteiger partial charge in [0.2, 0.25) is 0 Å².